The summed E-state index contributed by atoms with van der Waals surface area (Å²) in [5, 5.41) is 11.6. The normalized spacial score (nSPS) is 12.8. The first-order valence-electron chi connectivity index (χ1n) is 5.07. The Balaban J connectivity index is 2.61. The second-order valence-electron chi connectivity index (χ2n) is 3.82. The maximum Gasteiger partial charge on any atom is 0.292 e. The van der Waals surface area contributed by atoms with Gasteiger partial charge in [0.1, 0.15) is 6.26 Å². The zero-order valence-electron chi connectivity index (χ0n) is 9.24. The standard InChI is InChI=1S/C10H15ClN2O3/c1-6(2)7(3-4-14)12-9(15)8-5-16-10(11)13-8/h5-7,14H,3-4H2,1-2H3,(H,12,15). The molecule has 1 unspecified atom stereocenters. The number of nitrogens with one attached hydrogen (secondary N) is 1. The van der Waals surface area contributed by atoms with Crippen LogP contribution in [0.25, 0.3) is 0 Å². The van der Waals surface area contributed by atoms with E-state index in [1.165, 1.54) is 6.26 Å². The third kappa shape index (κ3) is 3.50. The lowest BCUT2D eigenvalue weighted by molar-refractivity contribution is 0.0911. The van der Waals surface area contributed by atoms with E-state index in [4.69, 9.17) is 21.1 Å². The molecule has 0 bridgehead atoms. The second kappa shape index (κ2) is 5.86. The number of nitrogens with zero attached hydrogens (tertiary/aromatic N) is 1. The van der Waals surface area contributed by atoms with Gasteiger partial charge < -0.3 is 14.8 Å². The average Bonchev–Trinajstić information content (AvgIpc) is 2.64. The number of carbonyl (C=O) groups excluding carboxylic acids is 1. The van der Waals surface area contributed by atoms with Gasteiger partial charge in [-0.1, -0.05) is 13.8 Å². The van der Waals surface area contributed by atoms with Gasteiger partial charge in [-0.2, -0.15) is 4.98 Å². The molecule has 90 valence electrons. The van der Waals surface area contributed by atoms with E-state index in [0.29, 0.717) is 6.42 Å². The van der Waals surface area contributed by atoms with Gasteiger partial charge in [-0.25, -0.2) is 0 Å². The van der Waals surface area contributed by atoms with Crippen LogP contribution in [0.3, 0.4) is 0 Å². The fourth-order valence-electron chi connectivity index (χ4n) is 1.31. The summed E-state index contributed by atoms with van der Waals surface area (Å²) >= 11 is 5.47. The summed E-state index contributed by atoms with van der Waals surface area (Å²) in [6, 6.07) is -0.0898. The highest BCUT2D eigenvalue weighted by molar-refractivity contribution is 6.27. The van der Waals surface area contributed by atoms with E-state index in [9.17, 15) is 4.79 Å². The van der Waals surface area contributed by atoms with E-state index in [-0.39, 0.29) is 35.5 Å². The lowest BCUT2D eigenvalue weighted by Crippen LogP contribution is -2.39. The quantitative estimate of drug-likeness (QED) is 0.825. The number of oxazole rings is 1. The van der Waals surface area contributed by atoms with Crippen molar-refractivity contribution >= 4 is 17.5 Å². The first kappa shape index (κ1) is 13.0. The van der Waals surface area contributed by atoms with Crippen molar-refractivity contribution in [3.8, 4) is 0 Å². The largest absolute Gasteiger partial charge is 0.435 e. The third-order valence-electron chi connectivity index (χ3n) is 2.27. The smallest absolute Gasteiger partial charge is 0.292 e. The molecule has 1 atom stereocenters. The van der Waals surface area contributed by atoms with Crippen LogP contribution in [0.5, 0.6) is 0 Å². The molecule has 1 heterocycles. The van der Waals surface area contributed by atoms with Crippen molar-refractivity contribution < 1.29 is 14.3 Å². The van der Waals surface area contributed by atoms with Crippen molar-refractivity contribution in [2.24, 2.45) is 5.92 Å². The summed E-state index contributed by atoms with van der Waals surface area (Å²) in [6.07, 6.45) is 1.71. The van der Waals surface area contributed by atoms with Crippen LogP contribution in [0.15, 0.2) is 10.7 Å². The van der Waals surface area contributed by atoms with Crippen LogP contribution in [0.1, 0.15) is 30.8 Å². The molecule has 1 rings (SSSR count). The molecule has 0 aliphatic rings. The first-order chi connectivity index (χ1) is 7.54. The summed E-state index contributed by atoms with van der Waals surface area (Å²) in [5.41, 5.74) is 0.147. The minimum absolute atomic E-state index is 0.0305. The molecule has 0 fully saturated rings. The Kier molecular flexibility index (Phi) is 4.76. The molecule has 1 aromatic rings. The second-order valence-corrected chi connectivity index (χ2v) is 4.15. The number of hydrogen-bond donors (Lipinski definition) is 2. The van der Waals surface area contributed by atoms with E-state index in [1.54, 1.807) is 0 Å². The van der Waals surface area contributed by atoms with Crippen molar-refractivity contribution in [3.05, 3.63) is 17.3 Å². The molecule has 1 amide bonds. The van der Waals surface area contributed by atoms with E-state index >= 15 is 0 Å². The van der Waals surface area contributed by atoms with Crippen molar-refractivity contribution in [2.75, 3.05) is 6.61 Å². The molecule has 0 saturated heterocycles. The molecule has 0 aliphatic carbocycles. The van der Waals surface area contributed by atoms with Gasteiger partial charge in [0.15, 0.2) is 5.69 Å². The molecular formula is C10H15ClN2O3. The van der Waals surface area contributed by atoms with Gasteiger partial charge in [0.25, 0.3) is 11.3 Å². The summed E-state index contributed by atoms with van der Waals surface area (Å²) < 4.78 is 4.73. The zero-order valence-corrected chi connectivity index (χ0v) is 9.99. The van der Waals surface area contributed by atoms with Crippen LogP contribution in [-0.4, -0.2) is 28.6 Å². The highest BCUT2D eigenvalue weighted by atomic mass is 35.5. The number of hydrogen-bond acceptors (Lipinski definition) is 4. The first-order valence-corrected chi connectivity index (χ1v) is 5.45. The summed E-state index contributed by atoms with van der Waals surface area (Å²) in [6.45, 7) is 3.97. The van der Waals surface area contributed by atoms with E-state index in [1.807, 2.05) is 13.8 Å². The topological polar surface area (TPSA) is 75.4 Å². The predicted molar refractivity (Wildman–Crippen MR) is 59.3 cm³/mol. The molecular weight excluding hydrogens is 232 g/mol. The fourth-order valence-corrected chi connectivity index (χ4v) is 1.45. The van der Waals surface area contributed by atoms with Crippen LogP contribution in [0, 0.1) is 5.92 Å². The molecule has 0 radical (unpaired) electrons. The molecule has 16 heavy (non-hydrogen) atoms. The number of rotatable bonds is 5. The number of amides is 1. The number of aliphatic hydroxyl groups excluding tert-OH is 1. The van der Waals surface area contributed by atoms with E-state index < -0.39 is 0 Å². The van der Waals surface area contributed by atoms with Gasteiger partial charge in [-0.3, -0.25) is 4.79 Å². The summed E-state index contributed by atoms with van der Waals surface area (Å²) in [5.74, 6) is -0.110. The van der Waals surface area contributed by atoms with Crippen molar-refractivity contribution in [1.82, 2.24) is 10.3 Å². The number of aromatic nitrogens is 1. The van der Waals surface area contributed by atoms with Crippen molar-refractivity contribution in [2.45, 2.75) is 26.3 Å². The third-order valence-corrected chi connectivity index (χ3v) is 2.44. The van der Waals surface area contributed by atoms with Crippen LogP contribution in [0.2, 0.25) is 5.35 Å². The molecule has 6 heteroatoms. The molecule has 0 aromatic carbocycles. The number of halogens is 1. The lowest BCUT2D eigenvalue weighted by Gasteiger charge is -2.20. The maximum absolute atomic E-state index is 11.7. The minimum Gasteiger partial charge on any atom is -0.435 e. The molecule has 0 spiro atoms. The molecule has 0 saturated carbocycles. The Hall–Kier alpha value is -1.07. The molecule has 0 aliphatic heterocycles. The highest BCUT2D eigenvalue weighted by Gasteiger charge is 2.18. The maximum atomic E-state index is 11.7. The molecule has 2 N–H and O–H groups in total. The van der Waals surface area contributed by atoms with Gasteiger partial charge >= 0.3 is 0 Å². The van der Waals surface area contributed by atoms with Gasteiger partial charge in [-0.05, 0) is 23.9 Å². The van der Waals surface area contributed by atoms with Crippen molar-refractivity contribution in [3.63, 3.8) is 0 Å². The van der Waals surface area contributed by atoms with Gasteiger partial charge in [0.05, 0.1) is 0 Å². The Bertz CT molecular complexity index is 352. The van der Waals surface area contributed by atoms with E-state index in [0.717, 1.165) is 0 Å². The minimum atomic E-state index is -0.345. The van der Waals surface area contributed by atoms with Gasteiger partial charge in [0.2, 0.25) is 0 Å². The monoisotopic (exact) mass is 246 g/mol. The molecule has 5 nitrogen and oxygen atoms in total. The van der Waals surface area contributed by atoms with Gasteiger partial charge in [0, 0.05) is 12.6 Å². The van der Waals surface area contributed by atoms with Crippen LogP contribution < -0.4 is 5.32 Å². The fraction of sp³-hybridized carbons (Fsp3) is 0.600. The van der Waals surface area contributed by atoms with Crippen LogP contribution in [-0.2, 0) is 0 Å². The van der Waals surface area contributed by atoms with Gasteiger partial charge in [-0.15, -0.1) is 0 Å². The Morgan fingerprint density at radius 2 is 2.38 bits per heavy atom. The number of carbonyl (C=O) groups is 1. The lowest BCUT2D eigenvalue weighted by atomic mass is 10.0. The summed E-state index contributed by atoms with van der Waals surface area (Å²) in [7, 11) is 0. The summed E-state index contributed by atoms with van der Waals surface area (Å²) in [4.78, 5) is 15.4. The van der Waals surface area contributed by atoms with Crippen molar-refractivity contribution in [1.29, 1.82) is 0 Å². The van der Waals surface area contributed by atoms with E-state index in [2.05, 4.69) is 10.3 Å². The Morgan fingerprint density at radius 1 is 1.69 bits per heavy atom. The molecule has 1 aromatic heterocycles. The SMILES string of the molecule is CC(C)C(CCO)NC(=O)c1coc(Cl)n1. The Morgan fingerprint density at radius 3 is 2.81 bits per heavy atom. The zero-order chi connectivity index (χ0) is 12.1. The van der Waals surface area contributed by atoms with Crippen LogP contribution in [0.4, 0.5) is 0 Å². The highest BCUT2D eigenvalue weighted by Crippen LogP contribution is 2.10. The predicted octanol–water partition coefficient (Wildman–Crippen LogP) is 1.46. The number of aliphatic hydroxyl groups is 1. The Labute approximate surface area is 98.8 Å². The van der Waals surface area contributed by atoms with Crippen LogP contribution >= 0.6 is 11.6 Å². The average molecular weight is 247 g/mol.